The van der Waals surface area contributed by atoms with Crippen LogP contribution in [0, 0.1) is 0 Å². The van der Waals surface area contributed by atoms with Crippen LogP contribution in [0.1, 0.15) is 19.4 Å². The molecule has 0 heterocycles. The lowest BCUT2D eigenvalue weighted by molar-refractivity contribution is 0.0858. The Kier molecular flexibility index (Phi) is 3.95. The van der Waals surface area contributed by atoms with E-state index in [1.165, 1.54) is 0 Å². The number of nitrogens with zero attached hydrogens (tertiary/aromatic N) is 1. The number of hydrogen-bond donors (Lipinski definition) is 1. The maximum Gasteiger partial charge on any atom is 0.170 e. The van der Waals surface area contributed by atoms with Crippen molar-refractivity contribution in [3.8, 4) is 0 Å². The lowest BCUT2D eigenvalue weighted by Crippen LogP contribution is -2.14. The molecule has 3 nitrogen and oxygen atoms in total. The normalized spacial score (nSPS) is 11.9. The van der Waals surface area contributed by atoms with Crippen molar-refractivity contribution < 1.29 is 4.84 Å². The quantitative estimate of drug-likeness (QED) is 0.513. The molecule has 0 aliphatic rings. The number of oxime groups is 1. The van der Waals surface area contributed by atoms with Crippen molar-refractivity contribution in [2.45, 2.75) is 20.0 Å². The lowest BCUT2D eigenvalue weighted by atomic mass is 10.2. The van der Waals surface area contributed by atoms with E-state index in [1.807, 2.05) is 38.1 Å². The zero-order valence-corrected chi connectivity index (χ0v) is 9.78. The highest BCUT2D eigenvalue weighted by Crippen LogP contribution is 2.11. The van der Waals surface area contributed by atoms with Gasteiger partial charge in [0.25, 0.3) is 0 Å². The third-order valence-electron chi connectivity index (χ3n) is 1.48. The molecule has 0 saturated heterocycles. The van der Waals surface area contributed by atoms with Crippen molar-refractivity contribution in [1.29, 1.82) is 0 Å². The van der Waals surface area contributed by atoms with E-state index < -0.39 is 0 Å². The van der Waals surface area contributed by atoms with Crippen molar-refractivity contribution in [2.75, 3.05) is 0 Å². The highest BCUT2D eigenvalue weighted by molar-refractivity contribution is 9.10. The molecule has 1 aromatic rings. The average molecular weight is 257 g/mol. The van der Waals surface area contributed by atoms with E-state index in [-0.39, 0.29) is 6.10 Å². The fourth-order valence-electron chi connectivity index (χ4n) is 0.863. The Hall–Kier alpha value is -1.03. The van der Waals surface area contributed by atoms with E-state index in [9.17, 15) is 0 Å². The van der Waals surface area contributed by atoms with Crippen LogP contribution in [0.25, 0.3) is 0 Å². The van der Waals surface area contributed by atoms with Crippen molar-refractivity contribution in [3.05, 3.63) is 34.3 Å². The summed E-state index contributed by atoms with van der Waals surface area (Å²) in [5.41, 5.74) is 6.56. The molecule has 1 rings (SSSR count). The second kappa shape index (κ2) is 5.00. The first-order chi connectivity index (χ1) is 6.59. The minimum absolute atomic E-state index is 0.0423. The third-order valence-corrected chi connectivity index (χ3v) is 1.98. The summed E-state index contributed by atoms with van der Waals surface area (Å²) in [5, 5.41) is 3.81. The summed E-state index contributed by atoms with van der Waals surface area (Å²) in [7, 11) is 0. The molecular formula is C10H13BrN2O. The van der Waals surface area contributed by atoms with Gasteiger partial charge >= 0.3 is 0 Å². The highest BCUT2D eigenvalue weighted by Gasteiger charge is 1.99. The van der Waals surface area contributed by atoms with Crippen LogP contribution in [0.3, 0.4) is 0 Å². The molecule has 0 aliphatic heterocycles. The first-order valence-corrected chi connectivity index (χ1v) is 5.14. The monoisotopic (exact) mass is 256 g/mol. The van der Waals surface area contributed by atoms with E-state index in [4.69, 9.17) is 10.6 Å². The molecule has 76 valence electrons. The van der Waals surface area contributed by atoms with Crippen LogP contribution in [0.4, 0.5) is 0 Å². The van der Waals surface area contributed by atoms with E-state index in [0.29, 0.717) is 5.84 Å². The van der Waals surface area contributed by atoms with E-state index >= 15 is 0 Å². The second-order valence-corrected chi connectivity index (χ2v) is 4.06. The Balaban J connectivity index is 2.78. The Labute approximate surface area is 92.1 Å². The number of halogens is 1. The van der Waals surface area contributed by atoms with Crippen molar-refractivity contribution in [1.82, 2.24) is 0 Å². The van der Waals surface area contributed by atoms with Gasteiger partial charge in [-0.05, 0) is 26.0 Å². The Bertz CT molecular complexity index is 337. The predicted molar refractivity (Wildman–Crippen MR) is 61.1 cm³/mol. The first kappa shape index (κ1) is 11.0. The van der Waals surface area contributed by atoms with Crippen LogP contribution >= 0.6 is 15.9 Å². The summed E-state index contributed by atoms with van der Waals surface area (Å²) in [6.45, 7) is 3.80. The summed E-state index contributed by atoms with van der Waals surface area (Å²) >= 11 is 3.36. The van der Waals surface area contributed by atoms with Gasteiger partial charge in [0, 0.05) is 10.0 Å². The number of nitrogens with two attached hydrogens (primary N) is 1. The van der Waals surface area contributed by atoms with Crippen molar-refractivity contribution in [3.63, 3.8) is 0 Å². The van der Waals surface area contributed by atoms with Crippen LogP contribution in [-0.4, -0.2) is 11.9 Å². The predicted octanol–water partition coefficient (Wildman–Crippen LogP) is 2.49. The summed E-state index contributed by atoms with van der Waals surface area (Å²) in [6.07, 6.45) is 0.0423. The van der Waals surface area contributed by atoms with Gasteiger partial charge in [0.2, 0.25) is 0 Å². The highest BCUT2D eigenvalue weighted by atomic mass is 79.9. The molecule has 0 bridgehead atoms. The summed E-state index contributed by atoms with van der Waals surface area (Å²) < 4.78 is 0.970. The molecule has 0 unspecified atom stereocenters. The molecule has 0 aliphatic carbocycles. The van der Waals surface area contributed by atoms with Gasteiger partial charge < -0.3 is 10.6 Å². The molecule has 4 heteroatoms. The summed E-state index contributed by atoms with van der Waals surface area (Å²) in [6, 6.07) is 7.60. The minimum atomic E-state index is 0.0423. The molecule has 14 heavy (non-hydrogen) atoms. The van der Waals surface area contributed by atoms with Gasteiger partial charge in [-0.3, -0.25) is 0 Å². The molecule has 0 radical (unpaired) electrons. The maximum atomic E-state index is 5.72. The summed E-state index contributed by atoms with van der Waals surface area (Å²) in [5.74, 6) is 0.389. The molecule has 0 fully saturated rings. The molecule has 1 aromatic carbocycles. The van der Waals surface area contributed by atoms with Gasteiger partial charge in [0.15, 0.2) is 5.84 Å². The second-order valence-electron chi connectivity index (χ2n) is 3.14. The molecule has 0 spiro atoms. The SMILES string of the molecule is CC(C)O/N=C(\N)c1cccc(Br)c1. The molecule has 0 saturated carbocycles. The van der Waals surface area contributed by atoms with Gasteiger partial charge in [0.05, 0.1) is 0 Å². The number of amidine groups is 1. The van der Waals surface area contributed by atoms with Crippen molar-refractivity contribution >= 4 is 21.8 Å². The van der Waals surface area contributed by atoms with Gasteiger partial charge in [-0.2, -0.15) is 0 Å². The molecule has 2 N–H and O–H groups in total. The van der Waals surface area contributed by atoms with Crippen LogP contribution in [0.2, 0.25) is 0 Å². The van der Waals surface area contributed by atoms with Crippen LogP contribution in [0.5, 0.6) is 0 Å². The van der Waals surface area contributed by atoms with Crippen LogP contribution in [-0.2, 0) is 4.84 Å². The molecule has 0 aromatic heterocycles. The van der Waals surface area contributed by atoms with E-state index in [1.54, 1.807) is 0 Å². The van der Waals surface area contributed by atoms with Gasteiger partial charge in [0.1, 0.15) is 6.10 Å². The number of hydrogen-bond acceptors (Lipinski definition) is 2. The molecular weight excluding hydrogens is 244 g/mol. The average Bonchev–Trinajstić information content (AvgIpc) is 2.14. The zero-order valence-electron chi connectivity index (χ0n) is 8.20. The fourth-order valence-corrected chi connectivity index (χ4v) is 1.26. The largest absolute Gasteiger partial charge is 0.391 e. The number of rotatable bonds is 3. The molecule has 0 atom stereocenters. The number of benzene rings is 1. The fraction of sp³-hybridized carbons (Fsp3) is 0.300. The lowest BCUT2D eigenvalue weighted by Gasteiger charge is -2.04. The first-order valence-electron chi connectivity index (χ1n) is 4.35. The Morgan fingerprint density at radius 1 is 1.50 bits per heavy atom. The van der Waals surface area contributed by atoms with E-state index in [0.717, 1.165) is 10.0 Å². The van der Waals surface area contributed by atoms with Gasteiger partial charge in [-0.1, -0.05) is 33.2 Å². The summed E-state index contributed by atoms with van der Waals surface area (Å²) in [4.78, 5) is 5.05. The zero-order chi connectivity index (χ0) is 10.6. The van der Waals surface area contributed by atoms with Gasteiger partial charge in [-0.15, -0.1) is 0 Å². The topological polar surface area (TPSA) is 47.6 Å². The Morgan fingerprint density at radius 2 is 2.21 bits per heavy atom. The molecule has 0 amide bonds. The smallest absolute Gasteiger partial charge is 0.170 e. The minimum Gasteiger partial charge on any atom is -0.391 e. The van der Waals surface area contributed by atoms with E-state index in [2.05, 4.69) is 21.1 Å². The maximum absolute atomic E-state index is 5.72. The standard InChI is InChI=1S/C10H13BrN2O/c1-7(2)14-13-10(12)8-4-3-5-9(11)6-8/h3-7H,1-2H3,(H2,12,13). The van der Waals surface area contributed by atoms with Crippen LogP contribution < -0.4 is 5.73 Å². The Morgan fingerprint density at radius 3 is 2.79 bits per heavy atom. The van der Waals surface area contributed by atoms with Crippen LogP contribution in [0.15, 0.2) is 33.9 Å². The third kappa shape index (κ3) is 3.38. The van der Waals surface area contributed by atoms with Gasteiger partial charge in [-0.25, -0.2) is 0 Å². The van der Waals surface area contributed by atoms with Crippen molar-refractivity contribution in [2.24, 2.45) is 10.9 Å².